The molecule has 2 aromatic rings. The molecule has 6 nitrogen and oxygen atoms in total. The third-order valence-corrected chi connectivity index (χ3v) is 6.50. The van der Waals surface area contributed by atoms with Crippen molar-refractivity contribution in [3.8, 4) is 0 Å². The van der Waals surface area contributed by atoms with Crippen molar-refractivity contribution < 1.29 is 18.8 Å². The molecule has 1 amide bonds. The van der Waals surface area contributed by atoms with Crippen LogP contribution in [0.1, 0.15) is 19.4 Å². The summed E-state index contributed by atoms with van der Waals surface area (Å²) in [5.74, 6) is -0.466. The maximum absolute atomic E-state index is 13.0. The molecule has 0 aliphatic carbocycles. The Kier molecular flexibility index (Phi) is 5.70. The first-order valence-corrected chi connectivity index (χ1v) is 10.1. The number of halogens is 1. The van der Waals surface area contributed by atoms with Crippen molar-refractivity contribution in [3.63, 3.8) is 0 Å². The molecule has 0 fully saturated rings. The van der Waals surface area contributed by atoms with Crippen LogP contribution in [0.2, 0.25) is 5.02 Å². The summed E-state index contributed by atoms with van der Waals surface area (Å²) in [5, 5.41) is 16.5. The summed E-state index contributed by atoms with van der Waals surface area (Å²) in [6.45, 7) is 2.92. The van der Waals surface area contributed by atoms with Crippen LogP contribution in [0.5, 0.6) is 0 Å². The molecule has 1 atom stereocenters. The average molecular weight is 397 g/mol. The van der Waals surface area contributed by atoms with Gasteiger partial charge in [0.2, 0.25) is 5.91 Å². The van der Waals surface area contributed by atoms with E-state index in [2.05, 4.69) is 0 Å². The van der Waals surface area contributed by atoms with Gasteiger partial charge in [-0.05, 0) is 48.9 Å². The maximum atomic E-state index is 13.0. The molecule has 140 valence electrons. The number of carbonyl (C=O) groups excluding carboxylic acids is 1. The molecule has 2 aromatic carbocycles. The number of amides is 1. The summed E-state index contributed by atoms with van der Waals surface area (Å²) in [5.41, 5.74) is 0.719. The normalized spacial score (nSPS) is 14.6. The largest absolute Gasteiger partial charge is 0.285 e. The molecule has 2 rings (SSSR count). The summed E-state index contributed by atoms with van der Waals surface area (Å²) >= 11 is 5.81. The van der Waals surface area contributed by atoms with E-state index >= 15 is 0 Å². The molecule has 0 spiro atoms. The van der Waals surface area contributed by atoms with E-state index in [1.54, 1.807) is 31.2 Å². The van der Waals surface area contributed by atoms with Crippen molar-refractivity contribution in [1.29, 1.82) is 0 Å². The van der Waals surface area contributed by atoms with Gasteiger partial charge in [0, 0.05) is 11.9 Å². The molecular weight excluding hydrogens is 376 g/mol. The molecule has 0 bridgehead atoms. The Hall–Kier alpha value is -2.03. The molecule has 0 aliphatic heterocycles. The Morgan fingerprint density at radius 2 is 1.62 bits per heavy atom. The fraction of sp³-hybridized carbons (Fsp3) is 0.167. The number of nitrogens with zero attached hydrogens (tertiary/aromatic N) is 1. The van der Waals surface area contributed by atoms with Gasteiger partial charge in [0.15, 0.2) is 0 Å². The van der Waals surface area contributed by atoms with Crippen LogP contribution >= 0.6 is 11.6 Å². The third kappa shape index (κ3) is 4.38. The Morgan fingerprint density at radius 1 is 1.15 bits per heavy atom. The first kappa shape index (κ1) is 20.3. The first-order chi connectivity index (χ1) is 12.0. The highest BCUT2D eigenvalue weighted by Crippen LogP contribution is 2.35. The Balaban J connectivity index is 2.27. The van der Waals surface area contributed by atoms with Crippen molar-refractivity contribution in [2.24, 2.45) is 5.14 Å². The van der Waals surface area contributed by atoms with Gasteiger partial charge in [-0.15, -0.1) is 0 Å². The highest BCUT2D eigenvalue weighted by Gasteiger charge is 2.27. The lowest BCUT2D eigenvalue weighted by atomic mass is 10.2. The van der Waals surface area contributed by atoms with E-state index in [0.29, 0.717) is 10.1 Å². The van der Waals surface area contributed by atoms with Crippen molar-refractivity contribution in [3.05, 3.63) is 65.2 Å². The van der Waals surface area contributed by atoms with Gasteiger partial charge in [-0.25, -0.2) is 10.2 Å². The zero-order chi connectivity index (χ0) is 19.6. The van der Waals surface area contributed by atoms with Gasteiger partial charge in [-0.3, -0.25) is 14.6 Å². The van der Waals surface area contributed by atoms with E-state index in [1.807, 2.05) is 0 Å². The number of hydroxylamine groups is 2. The van der Waals surface area contributed by atoms with Crippen LogP contribution in [0.25, 0.3) is 6.08 Å². The van der Waals surface area contributed by atoms with Crippen LogP contribution in [-0.4, -0.2) is 31.0 Å². The Labute approximate surface area is 157 Å². The number of nitrogens with two attached hydrogens (primary N) is 1. The predicted molar refractivity (Wildman–Crippen MR) is 102 cm³/mol. The van der Waals surface area contributed by atoms with Crippen LogP contribution in [0, 0.1) is 0 Å². The highest BCUT2D eigenvalue weighted by atomic mass is 35.5. The minimum Gasteiger partial charge on any atom is -0.285 e. The molecule has 8 heteroatoms. The number of carbonyl (C=O) groups is 1. The van der Waals surface area contributed by atoms with Crippen molar-refractivity contribution >= 4 is 33.1 Å². The van der Waals surface area contributed by atoms with Gasteiger partial charge in [0.05, 0.1) is 15.8 Å². The van der Waals surface area contributed by atoms with Crippen LogP contribution in [-0.2, 0) is 14.3 Å². The molecule has 1 unspecified atom stereocenters. The predicted octanol–water partition coefficient (Wildman–Crippen LogP) is 3.56. The molecular formula is C18H21ClN2O4S. The second-order valence-corrected chi connectivity index (χ2v) is 9.26. The summed E-state index contributed by atoms with van der Waals surface area (Å²) in [4.78, 5) is 11.2. The van der Waals surface area contributed by atoms with Gasteiger partial charge >= 0.3 is 0 Å². The van der Waals surface area contributed by atoms with Gasteiger partial charge < -0.3 is 0 Å². The van der Waals surface area contributed by atoms with Crippen LogP contribution in [0.4, 0.5) is 0 Å². The van der Waals surface area contributed by atoms with Gasteiger partial charge in [0.1, 0.15) is 0 Å². The lowest BCUT2D eigenvalue weighted by Crippen LogP contribution is -2.42. The van der Waals surface area contributed by atoms with Crippen LogP contribution in [0.3, 0.4) is 0 Å². The monoisotopic (exact) mass is 396 g/mol. The average Bonchev–Trinajstić information content (AvgIpc) is 2.59. The van der Waals surface area contributed by atoms with E-state index in [9.17, 15) is 18.8 Å². The molecule has 4 N–H and O–H groups in total. The SMILES string of the molecule is CC(=O)N(O)C(C)/C=C/c1ccc(S(N)(=O)(O)c2ccc(Cl)cc2)cc1. The molecule has 26 heavy (non-hydrogen) atoms. The molecule has 0 radical (unpaired) electrons. The number of hydrogen-bond acceptors (Lipinski definition) is 3. The summed E-state index contributed by atoms with van der Waals surface area (Å²) in [7, 11) is -4.71. The maximum Gasteiger partial charge on any atom is 0.243 e. The fourth-order valence-corrected chi connectivity index (χ4v) is 4.02. The molecule has 0 saturated carbocycles. The third-order valence-electron chi connectivity index (χ3n) is 3.88. The second kappa shape index (κ2) is 7.30. The lowest BCUT2D eigenvalue weighted by molar-refractivity contribution is -0.167. The van der Waals surface area contributed by atoms with Crippen LogP contribution in [0.15, 0.2) is 64.4 Å². The second-order valence-electron chi connectivity index (χ2n) is 5.95. The quantitative estimate of drug-likeness (QED) is 0.530. The summed E-state index contributed by atoms with van der Waals surface area (Å²) in [6, 6.07) is 11.5. The van der Waals surface area contributed by atoms with Gasteiger partial charge in [-0.2, -0.15) is 4.21 Å². The molecule has 0 aromatic heterocycles. The molecule has 0 saturated heterocycles. The first-order valence-electron chi connectivity index (χ1n) is 7.74. The van der Waals surface area contributed by atoms with Gasteiger partial charge in [0.25, 0.3) is 0 Å². The minimum atomic E-state index is -4.71. The summed E-state index contributed by atoms with van der Waals surface area (Å²) in [6.07, 6.45) is 3.32. The van der Waals surface area contributed by atoms with Gasteiger partial charge in [-0.1, -0.05) is 45.4 Å². The standard InChI is InChI=1S/C18H21ClN2O4S/c1-13(21(23)14(2)22)3-4-15-5-9-17(10-6-15)26(20,24,25)18-11-7-16(19)8-12-18/h3-13,23H,1-2H3,(H3,20,24,25)/b4-3+. The topological polar surface area (TPSA) is 104 Å². The number of rotatable bonds is 5. The molecule has 0 heterocycles. The Bertz CT molecular complexity index is 888. The minimum absolute atomic E-state index is 0.0701. The van der Waals surface area contributed by atoms with E-state index in [4.69, 9.17) is 16.7 Å². The van der Waals surface area contributed by atoms with E-state index in [-0.39, 0.29) is 9.79 Å². The fourth-order valence-electron chi connectivity index (χ4n) is 2.29. The smallest absolute Gasteiger partial charge is 0.243 e. The number of hydrogen-bond donors (Lipinski definition) is 3. The molecule has 0 aliphatic rings. The zero-order valence-electron chi connectivity index (χ0n) is 14.4. The zero-order valence-corrected chi connectivity index (χ0v) is 15.9. The number of benzene rings is 2. The van der Waals surface area contributed by atoms with E-state index in [1.165, 1.54) is 43.3 Å². The van der Waals surface area contributed by atoms with Crippen molar-refractivity contribution in [1.82, 2.24) is 5.06 Å². The van der Waals surface area contributed by atoms with Crippen LogP contribution < -0.4 is 5.14 Å². The van der Waals surface area contributed by atoms with E-state index in [0.717, 1.165) is 5.56 Å². The highest BCUT2D eigenvalue weighted by molar-refractivity contribution is 8.13. The summed E-state index contributed by atoms with van der Waals surface area (Å²) < 4.78 is 23.7. The Morgan fingerprint density at radius 3 is 2.08 bits per heavy atom. The van der Waals surface area contributed by atoms with E-state index < -0.39 is 21.5 Å². The van der Waals surface area contributed by atoms with Crippen molar-refractivity contribution in [2.75, 3.05) is 0 Å². The lowest BCUT2D eigenvalue weighted by Gasteiger charge is -2.39. The van der Waals surface area contributed by atoms with Crippen molar-refractivity contribution in [2.45, 2.75) is 29.7 Å².